The van der Waals surface area contributed by atoms with E-state index in [2.05, 4.69) is 42.2 Å². The van der Waals surface area contributed by atoms with E-state index in [4.69, 9.17) is 0 Å². The Balaban J connectivity index is 1.59. The SMILES string of the molecule is CCc1ccc([C@@H]2CC(=O)N3CN(C4CCCCC4)CSC3=C2C#N)cc1. The number of carbonyl (C=O) groups excluding carboxylic acids is 1. The lowest BCUT2D eigenvalue weighted by Gasteiger charge is -2.44. The van der Waals surface area contributed by atoms with Gasteiger partial charge in [-0.15, -0.1) is 0 Å². The summed E-state index contributed by atoms with van der Waals surface area (Å²) in [5.41, 5.74) is 3.13. The molecule has 2 aliphatic heterocycles. The smallest absolute Gasteiger partial charge is 0.229 e. The maximum atomic E-state index is 13.0. The second-order valence-electron chi connectivity index (χ2n) is 7.80. The topological polar surface area (TPSA) is 47.3 Å². The molecule has 1 aromatic rings. The van der Waals surface area contributed by atoms with E-state index in [1.54, 1.807) is 11.8 Å². The van der Waals surface area contributed by atoms with Crippen molar-refractivity contribution in [3.8, 4) is 6.07 Å². The maximum absolute atomic E-state index is 13.0. The number of nitriles is 1. The van der Waals surface area contributed by atoms with Crippen LogP contribution in [0.2, 0.25) is 0 Å². The third-order valence-electron chi connectivity index (χ3n) is 6.20. The molecule has 0 spiro atoms. The van der Waals surface area contributed by atoms with Crippen LogP contribution < -0.4 is 0 Å². The first-order valence-corrected chi connectivity index (χ1v) is 11.1. The second kappa shape index (κ2) is 8.08. The quantitative estimate of drug-likeness (QED) is 0.768. The summed E-state index contributed by atoms with van der Waals surface area (Å²) in [6.45, 7) is 2.79. The van der Waals surface area contributed by atoms with E-state index in [-0.39, 0.29) is 11.8 Å². The van der Waals surface area contributed by atoms with Crippen LogP contribution >= 0.6 is 11.8 Å². The lowest BCUT2D eigenvalue weighted by atomic mass is 9.86. The van der Waals surface area contributed by atoms with Crippen molar-refractivity contribution < 1.29 is 4.79 Å². The van der Waals surface area contributed by atoms with Gasteiger partial charge < -0.3 is 0 Å². The highest BCUT2D eigenvalue weighted by Gasteiger charge is 2.39. The molecule has 0 bridgehead atoms. The van der Waals surface area contributed by atoms with Gasteiger partial charge in [-0.2, -0.15) is 5.26 Å². The zero-order valence-corrected chi connectivity index (χ0v) is 16.8. The van der Waals surface area contributed by atoms with Crippen molar-refractivity contribution in [3.05, 3.63) is 46.0 Å². The lowest BCUT2D eigenvalue weighted by molar-refractivity contribution is -0.132. The van der Waals surface area contributed by atoms with Gasteiger partial charge in [0, 0.05) is 18.4 Å². The van der Waals surface area contributed by atoms with E-state index in [0.29, 0.717) is 19.1 Å². The standard InChI is InChI=1S/C22H27N3OS/c1-2-16-8-10-17(11-9-16)19-12-21(26)25-14-24(18-6-4-3-5-7-18)15-27-22(25)20(19)13-23/h8-11,18-19H,2-7,12,14-15H2,1H3/t19-/m0/s1. The van der Waals surface area contributed by atoms with E-state index in [9.17, 15) is 10.1 Å². The summed E-state index contributed by atoms with van der Waals surface area (Å²) < 4.78 is 0. The molecule has 1 saturated heterocycles. The van der Waals surface area contributed by atoms with Crippen LogP contribution in [-0.2, 0) is 11.2 Å². The van der Waals surface area contributed by atoms with Gasteiger partial charge in [-0.1, -0.05) is 62.2 Å². The maximum Gasteiger partial charge on any atom is 0.229 e. The summed E-state index contributed by atoms with van der Waals surface area (Å²) in [7, 11) is 0. The summed E-state index contributed by atoms with van der Waals surface area (Å²) in [4.78, 5) is 17.3. The minimum absolute atomic E-state index is 0.103. The number of aryl methyl sites for hydroxylation is 1. The zero-order chi connectivity index (χ0) is 18.8. The predicted molar refractivity (Wildman–Crippen MR) is 109 cm³/mol. The average molecular weight is 382 g/mol. The molecule has 0 aromatic heterocycles. The molecule has 0 N–H and O–H groups in total. The van der Waals surface area contributed by atoms with Gasteiger partial charge in [0.15, 0.2) is 0 Å². The van der Waals surface area contributed by atoms with Crippen molar-refractivity contribution in [1.29, 1.82) is 5.26 Å². The molecule has 4 nitrogen and oxygen atoms in total. The van der Waals surface area contributed by atoms with Crippen molar-refractivity contribution in [2.24, 2.45) is 0 Å². The fourth-order valence-corrected chi connectivity index (χ4v) is 5.76. The number of nitrogens with zero attached hydrogens (tertiary/aromatic N) is 3. The molecule has 1 aliphatic carbocycles. The van der Waals surface area contributed by atoms with Gasteiger partial charge in [0.05, 0.1) is 29.2 Å². The second-order valence-corrected chi connectivity index (χ2v) is 8.73. The molecule has 0 unspecified atom stereocenters. The fraction of sp³-hybridized carbons (Fsp3) is 0.545. The third-order valence-corrected chi connectivity index (χ3v) is 7.37. The van der Waals surface area contributed by atoms with Crippen LogP contribution in [0.15, 0.2) is 34.9 Å². The molecule has 5 heteroatoms. The first kappa shape index (κ1) is 18.6. The van der Waals surface area contributed by atoms with Crippen LogP contribution in [-0.4, -0.2) is 34.3 Å². The van der Waals surface area contributed by atoms with Gasteiger partial charge in [0.2, 0.25) is 5.91 Å². The van der Waals surface area contributed by atoms with Crippen molar-refractivity contribution >= 4 is 17.7 Å². The Morgan fingerprint density at radius 3 is 2.59 bits per heavy atom. The lowest BCUT2D eigenvalue weighted by Crippen LogP contribution is -2.51. The number of hydrogen-bond acceptors (Lipinski definition) is 4. The highest BCUT2D eigenvalue weighted by atomic mass is 32.2. The van der Waals surface area contributed by atoms with Crippen molar-refractivity contribution in [3.63, 3.8) is 0 Å². The molecule has 1 saturated carbocycles. The van der Waals surface area contributed by atoms with Crippen LogP contribution in [0.5, 0.6) is 0 Å². The fourth-order valence-electron chi connectivity index (χ4n) is 4.52. The minimum atomic E-state index is -0.103. The molecule has 2 fully saturated rings. The van der Waals surface area contributed by atoms with Crippen LogP contribution in [0.25, 0.3) is 0 Å². The molecule has 2 heterocycles. The van der Waals surface area contributed by atoms with E-state index >= 15 is 0 Å². The number of benzene rings is 1. The zero-order valence-electron chi connectivity index (χ0n) is 16.0. The number of hydrogen-bond donors (Lipinski definition) is 0. The van der Waals surface area contributed by atoms with Gasteiger partial charge in [0.1, 0.15) is 0 Å². The Bertz CT molecular complexity index is 774. The summed E-state index contributed by atoms with van der Waals surface area (Å²) >= 11 is 1.68. The number of fused-ring (bicyclic) bond motifs is 1. The van der Waals surface area contributed by atoms with E-state index in [1.165, 1.54) is 37.7 Å². The van der Waals surface area contributed by atoms with Crippen LogP contribution in [0.4, 0.5) is 0 Å². The number of rotatable bonds is 3. The normalized spacial score (nSPS) is 24.7. The molecule has 4 rings (SSSR count). The molecular weight excluding hydrogens is 354 g/mol. The monoisotopic (exact) mass is 381 g/mol. The molecule has 27 heavy (non-hydrogen) atoms. The molecule has 1 atom stereocenters. The molecular formula is C22H27N3OS. The van der Waals surface area contributed by atoms with E-state index in [1.807, 2.05) is 4.90 Å². The van der Waals surface area contributed by atoms with Gasteiger partial charge in [0.25, 0.3) is 0 Å². The highest BCUT2D eigenvalue weighted by Crippen LogP contribution is 2.43. The van der Waals surface area contributed by atoms with Gasteiger partial charge in [-0.05, 0) is 30.4 Å². The molecule has 142 valence electrons. The van der Waals surface area contributed by atoms with E-state index < -0.39 is 0 Å². The van der Waals surface area contributed by atoms with Gasteiger partial charge in [-0.25, -0.2) is 0 Å². The summed E-state index contributed by atoms with van der Waals surface area (Å²) in [6.07, 6.45) is 7.79. The molecule has 1 amide bonds. The van der Waals surface area contributed by atoms with E-state index in [0.717, 1.165) is 28.5 Å². The predicted octanol–water partition coefficient (Wildman–Crippen LogP) is 4.60. The van der Waals surface area contributed by atoms with Crippen molar-refractivity contribution in [1.82, 2.24) is 9.80 Å². The molecule has 1 aromatic carbocycles. The molecule has 3 aliphatic rings. The Labute approximate surface area is 166 Å². The van der Waals surface area contributed by atoms with Gasteiger partial charge >= 0.3 is 0 Å². The largest absolute Gasteiger partial charge is 0.292 e. The molecule has 0 radical (unpaired) electrons. The number of thioether (sulfide) groups is 1. The van der Waals surface area contributed by atoms with Crippen molar-refractivity contribution in [2.75, 3.05) is 12.5 Å². The Kier molecular flexibility index (Phi) is 5.56. The first-order valence-electron chi connectivity index (χ1n) is 10.1. The number of carbonyl (C=O) groups is 1. The third kappa shape index (κ3) is 3.66. The summed E-state index contributed by atoms with van der Waals surface area (Å²) in [6, 6.07) is 11.4. The minimum Gasteiger partial charge on any atom is -0.292 e. The number of amides is 1. The van der Waals surface area contributed by atoms with Crippen LogP contribution in [0.1, 0.15) is 62.5 Å². The van der Waals surface area contributed by atoms with Crippen molar-refractivity contribution in [2.45, 2.75) is 63.8 Å². The van der Waals surface area contributed by atoms with Gasteiger partial charge in [-0.3, -0.25) is 14.6 Å². The summed E-state index contributed by atoms with van der Waals surface area (Å²) in [5.74, 6) is 0.936. The van der Waals surface area contributed by atoms with Crippen LogP contribution in [0.3, 0.4) is 0 Å². The number of allylic oxidation sites excluding steroid dienone is 1. The summed E-state index contributed by atoms with van der Waals surface area (Å²) in [5, 5.41) is 10.8. The Morgan fingerprint density at radius 2 is 1.93 bits per heavy atom. The average Bonchev–Trinajstić information content (AvgIpc) is 2.74. The Hall–Kier alpha value is -1.77. The van der Waals surface area contributed by atoms with Crippen LogP contribution in [0, 0.1) is 11.3 Å². The Morgan fingerprint density at radius 1 is 1.19 bits per heavy atom. The highest BCUT2D eigenvalue weighted by molar-refractivity contribution is 8.03. The first-order chi connectivity index (χ1) is 13.2.